The first kappa shape index (κ1) is 8.62. The smallest absolute Gasteiger partial charge is 0.114 e. The summed E-state index contributed by atoms with van der Waals surface area (Å²) in [6, 6.07) is 4.36. The molecule has 2 N–H and O–H groups in total. The highest BCUT2D eigenvalue weighted by atomic mass is 35.5. The molecule has 0 aliphatic heterocycles. The zero-order valence-corrected chi connectivity index (χ0v) is 6.84. The van der Waals surface area contributed by atoms with Gasteiger partial charge in [0.1, 0.15) is 5.69 Å². The molecule has 11 heavy (non-hydrogen) atoms. The van der Waals surface area contributed by atoms with Crippen LogP contribution in [0.3, 0.4) is 0 Å². The largest absolute Gasteiger partial charge is 0.264 e. The van der Waals surface area contributed by atoms with E-state index in [4.69, 9.17) is 33.6 Å². The Labute approximate surface area is 73.3 Å². The van der Waals surface area contributed by atoms with Gasteiger partial charge in [0.05, 0.1) is 5.02 Å². The van der Waals surface area contributed by atoms with Crippen molar-refractivity contribution in [3.8, 4) is 0 Å². The van der Waals surface area contributed by atoms with Gasteiger partial charge in [-0.2, -0.15) is 0 Å². The third kappa shape index (κ3) is 1.97. The molecule has 0 saturated carbocycles. The van der Waals surface area contributed by atoms with Crippen molar-refractivity contribution in [2.45, 2.75) is 0 Å². The minimum absolute atomic E-state index is 0.0548. The number of rotatable bonds is 1. The Kier molecular flexibility index (Phi) is 2.57. The van der Waals surface area contributed by atoms with Gasteiger partial charge in [-0.1, -0.05) is 23.2 Å². The van der Waals surface area contributed by atoms with Crippen LogP contribution in [0.1, 0.15) is 0 Å². The van der Waals surface area contributed by atoms with Crippen LogP contribution in [0.2, 0.25) is 10.0 Å². The van der Waals surface area contributed by atoms with Gasteiger partial charge in [-0.15, -0.1) is 5.23 Å². The maximum Gasteiger partial charge on any atom is 0.114 e. The normalized spacial score (nSPS) is 9.82. The molecule has 0 amide bonds. The summed E-state index contributed by atoms with van der Waals surface area (Å²) in [6.45, 7) is 0. The first-order valence-electron chi connectivity index (χ1n) is 2.74. The van der Waals surface area contributed by atoms with E-state index >= 15 is 0 Å². The second-order valence-corrected chi connectivity index (χ2v) is 2.73. The van der Waals surface area contributed by atoms with Gasteiger partial charge in [-0.25, -0.2) is 0 Å². The molecule has 1 aromatic rings. The fraction of sp³-hybridized carbons (Fsp3) is 0. The van der Waals surface area contributed by atoms with E-state index in [1.165, 1.54) is 12.1 Å². The van der Waals surface area contributed by atoms with E-state index in [2.05, 4.69) is 0 Å². The van der Waals surface area contributed by atoms with E-state index in [9.17, 15) is 0 Å². The molecule has 0 spiro atoms. The predicted molar refractivity (Wildman–Crippen MR) is 42.5 cm³/mol. The van der Waals surface area contributed by atoms with Crippen LogP contribution in [-0.2, 0) is 0 Å². The average Bonchev–Trinajstić information content (AvgIpc) is 1.94. The van der Waals surface area contributed by atoms with Gasteiger partial charge in [0.25, 0.3) is 0 Å². The molecule has 0 atom stereocenters. The summed E-state index contributed by atoms with van der Waals surface area (Å²) in [5, 5.41) is 17.7. The molecule has 0 aliphatic rings. The fourth-order valence-electron chi connectivity index (χ4n) is 0.639. The van der Waals surface area contributed by atoms with E-state index < -0.39 is 0 Å². The summed E-state index contributed by atoms with van der Waals surface area (Å²) >= 11 is 11.1. The molecule has 0 saturated heterocycles. The molecular formula is C6H5Cl2NO2. The van der Waals surface area contributed by atoms with Crippen LogP contribution in [0, 0.1) is 0 Å². The molecule has 0 radical (unpaired) electrons. The zero-order chi connectivity index (χ0) is 8.43. The molecule has 1 rings (SSSR count). The molecule has 0 bridgehead atoms. The molecule has 1 aromatic carbocycles. The van der Waals surface area contributed by atoms with Crippen molar-refractivity contribution in [1.29, 1.82) is 0 Å². The van der Waals surface area contributed by atoms with Gasteiger partial charge in [0.15, 0.2) is 0 Å². The van der Waals surface area contributed by atoms with Gasteiger partial charge in [0.2, 0.25) is 0 Å². The standard InChI is InChI=1S/C6H5Cl2NO2/c7-4-1-2-5(8)6(3-4)9(10)11/h1-3,10-11H. The molecule has 0 aromatic heterocycles. The van der Waals surface area contributed by atoms with Gasteiger partial charge in [-0.3, -0.25) is 10.4 Å². The van der Waals surface area contributed by atoms with Crippen LogP contribution in [0.15, 0.2) is 18.2 Å². The van der Waals surface area contributed by atoms with Crippen LogP contribution in [0.25, 0.3) is 0 Å². The molecular weight excluding hydrogens is 189 g/mol. The van der Waals surface area contributed by atoms with Crippen LogP contribution >= 0.6 is 23.2 Å². The predicted octanol–water partition coefficient (Wildman–Crippen LogP) is 2.58. The summed E-state index contributed by atoms with van der Waals surface area (Å²) in [4.78, 5) is 0. The van der Waals surface area contributed by atoms with E-state index in [1.54, 1.807) is 6.07 Å². The van der Waals surface area contributed by atoms with Crippen molar-refractivity contribution in [3.63, 3.8) is 0 Å². The van der Waals surface area contributed by atoms with Crippen molar-refractivity contribution in [1.82, 2.24) is 0 Å². The van der Waals surface area contributed by atoms with Crippen LogP contribution in [0.5, 0.6) is 0 Å². The van der Waals surface area contributed by atoms with Gasteiger partial charge in [0, 0.05) is 5.02 Å². The summed E-state index contributed by atoms with van der Waals surface area (Å²) in [5.41, 5.74) is 0.0548. The molecule has 0 fully saturated rings. The summed E-state index contributed by atoms with van der Waals surface area (Å²) in [5.74, 6) is 0. The Morgan fingerprint density at radius 2 is 1.82 bits per heavy atom. The maximum atomic E-state index is 8.57. The monoisotopic (exact) mass is 193 g/mol. The third-order valence-electron chi connectivity index (χ3n) is 1.12. The molecule has 0 unspecified atom stereocenters. The lowest BCUT2D eigenvalue weighted by molar-refractivity contribution is 0.0292. The topological polar surface area (TPSA) is 43.7 Å². The summed E-state index contributed by atoms with van der Waals surface area (Å²) < 4.78 is 0. The second-order valence-electron chi connectivity index (χ2n) is 1.89. The van der Waals surface area contributed by atoms with Crippen LogP contribution in [-0.4, -0.2) is 10.4 Å². The van der Waals surface area contributed by atoms with E-state index in [0.29, 0.717) is 5.02 Å². The number of hydrogen-bond acceptors (Lipinski definition) is 3. The first-order chi connectivity index (χ1) is 5.11. The van der Waals surface area contributed by atoms with E-state index in [-0.39, 0.29) is 15.9 Å². The first-order valence-corrected chi connectivity index (χ1v) is 3.50. The van der Waals surface area contributed by atoms with Crippen molar-refractivity contribution in [2.75, 3.05) is 5.23 Å². The third-order valence-corrected chi connectivity index (χ3v) is 1.68. The maximum absolute atomic E-state index is 8.57. The van der Waals surface area contributed by atoms with Crippen LogP contribution in [0.4, 0.5) is 5.69 Å². The summed E-state index contributed by atoms with van der Waals surface area (Å²) in [7, 11) is 0. The van der Waals surface area contributed by atoms with Crippen molar-refractivity contribution in [2.24, 2.45) is 0 Å². The van der Waals surface area contributed by atoms with Crippen molar-refractivity contribution < 1.29 is 10.4 Å². The number of halogens is 2. The minimum Gasteiger partial charge on any atom is -0.264 e. The van der Waals surface area contributed by atoms with E-state index in [1.807, 2.05) is 0 Å². The fourth-order valence-corrected chi connectivity index (χ4v) is 0.999. The second kappa shape index (κ2) is 3.28. The Morgan fingerprint density at radius 1 is 1.18 bits per heavy atom. The highest BCUT2D eigenvalue weighted by Crippen LogP contribution is 2.26. The highest BCUT2D eigenvalue weighted by Gasteiger charge is 2.04. The Hall–Kier alpha value is -0.480. The SMILES string of the molecule is ON(O)c1cc(Cl)ccc1Cl. The number of hydrogen-bond donors (Lipinski definition) is 2. The Balaban J connectivity index is 3.13. The summed E-state index contributed by atoms with van der Waals surface area (Å²) in [6.07, 6.45) is 0. The Morgan fingerprint density at radius 3 is 2.27 bits per heavy atom. The molecule has 3 nitrogen and oxygen atoms in total. The molecule has 0 aliphatic carbocycles. The minimum atomic E-state index is -0.0752. The lowest BCUT2D eigenvalue weighted by Crippen LogP contribution is -2.11. The van der Waals surface area contributed by atoms with Gasteiger partial charge < -0.3 is 0 Å². The molecule has 60 valence electrons. The van der Waals surface area contributed by atoms with Crippen molar-refractivity contribution >= 4 is 28.9 Å². The van der Waals surface area contributed by atoms with E-state index in [0.717, 1.165) is 0 Å². The van der Waals surface area contributed by atoms with Crippen molar-refractivity contribution in [3.05, 3.63) is 28.2 Å². The number of anilines is 1. The van der Waals surface area contributed by atoms with Gasteiger partial charge >= 0.3 is 0 Å². The van der Waals surface area contributed by atoms with Gasteiger partial charge in [-0.05, 0) is 18.2 Å². The lowest BCUT2D eigenvalue weighted by atomic mass is 10.3. The number of nitrogens with zero attached hydrogens (tertiary/aromatic N) is 1. The quantitative estimate of drug-likeness (QED) is 0.675. The lowest BCUT2D eigenvalue weighted by Gasteiger charge is -2.09. The average molecular weight is 194 g/mol. The highest BCUT2D eigenvalue weighted by molar-refractivity contribution is 6.35. The molecule has 5 heteroatoms. The van der Waals surface area contributed by atoms with Crippen LogP contribution < -0.4 is 5.23 Å². The Bertz CT molecular complexity index is 265. The number of benzene rings is 1. The zero-order valence-electron chi connectivity index (χ0n) is 5.33. The molecule has 0 heterocycles.